The van der Waals surface area contributed by atoms with Gasteiger partial charge in [-0.2, -0.15) is 0 Å². The predicted molar refractivity (Wildman–Crippen MR) is 59.3 cm³/mol. The average Bonchev–Trinajstić information content (AvgIpc) is 2.23. The first-order chi connectivity index (χ1) is 7.22. The van der Waals surface area contributed by atoms with Gasteiger partial charge in [0.05, 0.1) is 13.1 Å². The molecule has 0 saturated heterocycles. The van der Waals surface area contributed by atoms with Gasteiger partial charge < -0.3 is 10.6 Å². The predicted octanol–water partition coefficient (Wildman–Crippen LogP) is 0.551. The van der Waals surface area contributed by atoms with E-state index in [4.69, 9.17) is 6.42 Å². The number of pyridine rings is 1. The van der Waals surface area contributed by atoms with Crippen LogP contribution in [-0.4, -0.2) is 24.0 Å². The van der Waals surface area contributed by atoms with Crippen molar-refractivity contribution in [2.45, 2.75) is 6.92 Å². The number of carbonyl (C=O) groups excluding carboxylic acids is 1. The molecular weight excluding hydrogens is 190 g/mol. The zero-order valence-corrected chi connectivity index (χ0v) is 8.58. The largest absolute Gasteiger partial charge is 0.361 e. The van der Waals surface area contributed by atoms with Crippen LogP contribution >= 0.6 is 0 Å². The molecule has 1 aromatic rings. The van der Waals surface area contributed by atoms with Gasteiger partial charge in [-0.05, 0) is 24.6 Å². The fraction of sp³-hybridized carbons (Fsp3) is 0.273. The molecule has 1 heterocycles. The lowest BCUT2D eigenvalue weighted by Crippen LogP contribution is -2.30. The molecule has 1 amide bonds. The highest BCUT2D eigenvalue weighted by molar-refractivity contribution is 5.80. The maximum atomic E-state index is 11.2. The van der Waals surface area contributed by atoms with E-state index in [9.17, 15) is 4.79 Å². The van der Waals surface area contributed by atoms with E-state index >= 15 is 0 Å². The maximum absolute atomic E-state index is 11.2. The molecule has 0 aliphatic carbocycles. The molecular formula is C11H13N3O. The van der Waals surface area contributed by atoms with E-state index in [0.29, 0.717) is 5.82 Å². The van der Waals surface area contributed by atoms with Crippen molar-refractivity contribution in [1.29, 1.82) is 0 Å². The van der Waals surface area contributed by atoms with E-state index in [1.807, 2.05) is 19.1 Å². The fourth-order valence-electron chi connectivity index (χ4n) is 1.02. The monoisotopic (exact) mass is 203 g/mol. The molecule has 2 N–H and O–H groups in total. The summed E-state index contributed by atoms with van der Waals surface area (Å²) in [7, 11) is 0. The van der Waals surface area contributed by atoms with Crippen LogP contribution in [0.5, 0.6) is 0 Å². The maximum Gasteiger partial charge on any atom is 0.240 e. The summed E-state index contributed by atoms with van der Waals surface area (Å²) in [4.78, 5) is 15.2. The number of anilines is 1. The number of aryl methyl sites for hydroxylation is 1. The van der Waals surface area contributed by atoms with Crippen molar-refractivity contribution in [1.82, 2.24) is 10.3 Å². The first kappa shape index (κ1) is 11.1. The van der Waals surface area contributed by atoms with E-state index in [1.165, 1.54) is 0 Å². The van der Waals surface area contributed by atoms with Crippen LogP contribution < -0.4 is 10.6 Å². The highest BCUT2D eigenvalue weighted by Gasteiger charge is 1.99. The minimum Gasteiger partial charge on any atom is -0.361 e. The van der Waals surface area contributed by atoms with Crippen molar-refractivity contribution in [2.75, 3.05) is 18.4 Å². The van der Waals surface area contributed by atoms with Crippen molar-refractivity contribution >= 4 is 11.7 Å². The molecule has 0 saturated carbocycles. The van der Waals surface area contributed by atoms with Gasteiger partial charge in [-0.1, -0.05) is 5.92 Å². The molecule has 0 aliphatic rings. The van der Waals surface area contributed by atoms with Crippen LogP contribution in [0, 0.1) is 19.3 Å². The molecule has 1 rings (SSSR count). The van der Waals surface area contributed by atoms with E-state index in [1.54, 1.807) is 6.20 Å². The Balaban J connectivity index is 2.37. The third kappa shape index (κ3) is 4.14. The molecule has 4 heteroatoms. The minimum atomic E-state index is -0.142. The first-order valence-corrected chi connectivity index (χ1v) is 4.59. The summed E-state index contributed by atoms with van der Waals surface area (Å²) in [5.74, 6) is 2.87. The molecule has 0 bridgehead atoms. The second kappa shape index (κ2) is 5.66. The normalized spacial score (nSPS) is 9.07. The quantitative estimate of drug-likeness (QED) is 0.703. The highest BCUT2D eigenvalue weighted by Crippen LogP contribution is 2.03. The topological polar surface area (TPSA) is 54.0 Å². The summed E-state index contributed by atoms with van der Waals surface area (Å²) in [6.45, 7) is 2.39. The van der Waals surface area contributed by atoms with Crippen LogP contribution in [0.4, 0.5) is 5.82 Å². The second-order valence-electron chi connectivity index (χ2n) is 3.05. The summed E-state index contributed by atoms with van der Waals surface area (Å²) in [6.07, 6.45) is 6.70. The number of hydrogen-bond acceptors (Lipinski definition) is 3. The molecule has 0 atom stereocenters. The Morgan fingerprint density at radius 1 is 1.67 bits per heavy atom. The Morgan fingerprint density at radius 2 is 2.47 bits per heavy atom. The van der Waals surface area contributed by atoms with E-state index in [0.717, 1.165) is 5.56 Å². The van der Waals surface area contributed by atoms with E-state index in [2.05, 4.69) is 21.5 Å². The molecule has 78 valence electrons. The standard InChI is InChI=1S/C11H13N3O/c1-3-5-13-11(15)8-14-10-7-9(2)4-6-12-10/h1,4,6-7H,5,8H2,2H3,(H,12,14)(H,13,15). The van der Waals surface area contributed by atoms with E-state index in [-0.39, 0.29) is 19.0 Å². The van der Waals surface area contributed by atoms with Gasteiger partial charge in [0.25, 0.3) is 0 Å². The van der Waals surface area contributed by atoms with Crippen molar-refractivity contribution in [2.24, 2.45) is 0 Å². The first-order valence-electron chi connectivity index (χ1n) is 4.59. The number of carbonyl (C=O) groups is 1. The summed E-state index contributed by atoms with van der Waals surface area (Å²) in [5.41, 5.74) is 1.09. The molecule has 0 fully saturated rings. The van der Waals surface area contributed by atoms with Gasteiger partial charge in [-0.3, -0.25) is 4.79 Å². The molecule has 0 spiro atoms. The van der Waals surface area contributed by atoms with Crippen molar-refractivity contribution in [3.05, 3.63) is 23.9 Å². The number of nitrogens with one attached hydrogen (secondary N) is 2. The molecule has 15 heavy (non-hydrogen) atoms. The molecule has 0 radical (unpaired) electrons. The third-order valence-electron chi connectivity index (χ3n) is 1.73. The van der Waals surface area contributed by atoms with Crippen LogP contribution in [0.25, 0.3) is 0 Å². The Hall–Kier alpha value is -2.02. The summed E-state index contributed by atoms with van der Waals surface area (Å²) < 4.78 is 0. The third-order valence-corrected chi connectivity index (χ3v) is 1.73. The second-order valence-corrected chi connectivity index (χ2v) is 3.05. The van der Waals surface area contributed by atoms with E-state index < -0.39 is 0 Å². The lowest BCUT2D eigenvalue weighted by Gasteiger charge is -2.05. The van der Waals surface area contributed by atoms with Gasteiger partial charge >= 0.3 is 0 Å². The SMILES string of the molecule is C#CCNC(=O)CNc1cc(C)ccn1. The lowest BCUT2D eigenvalue weighted by atomic mass is 10.3. The Morgan fingerprint density at radius 3 is 3.13 bits per heavy atom. The van der Waals surface area contributed by atoms with Crippen LogP contribution in [0.3, 0.4) is 0 Å². The molecule has 0 aromatic carbocycles. The van der Waals surface area contributed by atoms with Gasteiger partial charge in [-0.15, -0.1) is 6.42 Å². The molecule has 0 aliphatic heterocycles. The Labute approximate surface area is 89.1 Å². The van der Waals surface area contributed by atoms with Gasteiger partial charge in [-0.25, -0.2) is 4.98 Å². The summed E-state index contributed by atoms with van der Waals surface area (Å²) >= 11 is 0. The zero-order chi connectivity index (χ0) is 11.1. The number of terminal acetylenes is 1. The van der Waals surface area contributed by atoms with Gasteiger partial charge in [0, 0.05) is 6.20 Å². The zero-order valence-electron chi connectivity index (χ0n) is 8.58. The summed E-state index contributed by atoms with van der Waals surface area (Å²) in [6, 6.07) is 3.76. The minimum absolute atomic E-state index is 0.142. The average molecular weight is 203 g/mol. The fourth-order valence-corrected chi connectivity index (χ4v) is 1.02. The van der Waals surface area contributed by atoms with Crippen molar-refractivity contribution in [3.63, 3.8) is 0 Å². The van der Waals surface area contributed by atoms with Crippen LogP contribution in [0.1, 0.15) is 5.56 Å². The van der Waals surface area contributed by atoms with Crippen molar-refractivity contribution < 1.29 is 4.79 Å². The molecule has 1 aromatic heterocycles. The van der Waals surface area contributed by atoms with Gasteiger partial charge in [0.1, 0.15) is 5.82 Å². The van der Waals surface area contributed by atoms with Crippen LogP contribution in [0.2, 0.25) is 0 Å². The smallest absolute Gasteiger partial charge is 0.240 e. The molecule has 4 nitrogen and oxygen atoms in total. The number of hydrogen-bond donors (Lipinski definition) is 2. The van der Waals surface area contributed by atoms with Crippen LogP contribution in [0.15, 0.2) is 18.3 Å². The van der Waals surface area contributed by atoms with Crippen molar-refractivity contribution in [3.8, 4) is 12.3 Å². The molecule has 0 unspecified atom stereocenters. The number of nitrogens with zero attached hydrogens (tertiary/aromatic N) is 1. The lowest BCUT2D eigenvalue weighted by molar-refractivity contribution is -0.119. The number of amides is 1. The van der Waals surface area contributed by atoms with Gasteiger partial charge in [0.15, 0.2) is 0 Å². The Bertz CT molecular complexity index is 382. The van der Waals surface area contributed by atoms with Gasteiger partial charge in [0.2, 0.25) is 5.91 Å². The van der Waals surface area contributed by atoms with Crippen LogP contribution in [-0.2, 0) is 4.79 Å². The highest BCUT2D eigenvalue weighted by atomic mass is 16.1. The Kier molecular flexibility index (Phi) is 4.17. The number of rotatable bonds is 4. The number of aromatic nitrogens is 1. The summed E-state index contributed by atoms with van der Waals surface area (Å²) in [5, 5.41) is 5.45.